The van der Waals surface area contributed by atoms with Crippen LogP contribution in [0.5, 0.6) is 0 Å². The summed E-state index contributed by atoms with van der Waals surface area (Å²) in [4.78, 5) is 0. The normalized spacial score (nSPS) is 23.1. The summed E-state index contributed by atoms with van der Waals surface area (Å²) in [6.07, 6.45) is 16.5. The van der Waals surface area contributed by atoms with E-state index in [1.165, 1.54) is 81.8 Å². The van der Waals surface area contributed by atoms with Gasteiger partial charge in [0.25, 0.3) is 0 Å². The van der Waals surface area contributed by atoms with Gasteiger partial charge in [0.05, 0.1) is 11.1 Å². The predicted molar refractivity (Wildman–Crippen MR) is 147 cm³/mol. The average Bonchev–Trinajstić information content (AvgIpc) is 2.89. The Hall–Kier alpha value is -2.10. The summed E-state index contributed by atoms with van der Waals surface area (Å²) >= 11 is 3.78. The monoisotopic (exact) mass is 530 g/mol. The standard InChI is InChI=1S/C32H39BrN2/c1-3-5-6-7-24-8-9-26(30(33)21-24)11-10-25-12-13-29(28(23-35)27(25)22-34)32-18-15-31(14-4-2,16-19-32)17-20-32/h8-9,12-13,21H,3-7,10-11,14-20H2,1-2H3. The van der Waals surface area contributed by atoms with Gasteiger partial charge in [-0.15, -0.1) is 0 Å². The zero-order valence-electron chi connectivity index (χ0n) is 21.6. The maximum atomic E-state index is 10.2. The van der Waals surface area contributed by atoms with Crippen LogP contribution in [0.1, 0.15) is 118 Å². The van der Waals surface area contributed by atoms with Crippen molar-refractivity contribution in [2.75, 3.05) is 0 Å². The lowest BCUT2D eigenvalue weighted by molar-refractivity contribution is 0.0319. The Morgan fingerprint density at radius 3 is 2.03 bits per heavy atom. The number of fused-ring (bicyclic) bond motifs is 3. The SMILES string of the molecule is CCCCCc1ccc(CCc2ccc(C34CCC(CCC)(CC3)CC4)c(C#N)c2C#N)c(Br)c1. The minimum atomic E-state index is 0.0985. The van der Waals surface area contributed by atoms with Crippen LogP contribution in [0.3, 0.4) is 0 Å². The zero-order valence-corrected chi connectivity index (χ0v) is 23.1. The summed E-state index contributed by atoms with van der Waals surface area (Å²) in [6.45, 7) is 4.54. The van der Waals surface area contributed by atoms with Crippen molar-refractivity contribution in [2.24, 2.45) is 5.41 Å². The molecule has 2 aromatic rings. The Labute approximate surface area is 220 Å². The van der Waals surface area contributed by atoms with Crippen molar-refractivity contribution >= 4 is 15.9 Å². The Morgan fingerprint density at radius 2 is 1.43 bits per heavy atom. The molecule has 2 nitrogen and oxygen atoms in total. The Balaban J connectivity index is 1.52. The maximum Gasteiger partial charge on any atom is 0.101 e. The van der Waals surface area contributed by atoms with Crippen molar-refractivity contribution in [1.29, 1.82) is 10.5 Å². The molecule has 0 unspecified atom stereocenters. The molecule has 0 atom stereocenters. The van der Waals surface area contributed by atoms with E-state index in [1.807, 2.05) is 0 Å². The second-order valence-corrected chi connectivity index (χ2v) is 12.0. The molecule has 3 fully saturated rings. The van der Waals surface area contributed by atoms with Crippen molar-refractivity contribution in [1.82, 2.24) is 0 Å². The van der Waals surface area contributed by atoms with Crippen LogP contribution in [0, 0.1) is 28.1 Å². The van der Waals surface area contributed by atoms with Gasteiger partial charge in [0, 0.05) is 4.47 Å². The first kappa shape index (κ1) is 26.0. The lowest BCUT2D eigenvalue weighted by atomic mass is 9.50. The van der Waals surface area contributed by atoms with E-state index < -0.39 is 0 Å². The lowest BCUT2D eigenvalue weighted by Crippen LogP contribution is -2.44. The van der Waals surface area contributed by atoms with Gasteiger partial charge in [-0.05, 0) is 110 Å². The number of rotatable bonds is 10. The molecule has 0 heterocycles. The number of benzene rings is 2. The number of unbranched alkanes of at least 4 members (excludes halogenated alkanes) is 2. The average molecular weight is 532 g/mol. The molecule has 0 N–H and O–H groups in total. The molecule has 0 radical (unpaired) electrons. The van der Waals surface area contributed by atoms with E-state index in [0.29, 0.717) is 16.5 Å². The fourth-order valence-electron chi connectivity index (χ4n) is 6.91. The van der Waals surface area contributed by atoms with Crippen LogP contribution in [0.15, 0.2) is 34.8 Å². The second-order valence-electron chi connectivity index (χ2n) is 11.2. The smallest absolute Gasteiger partial charge is 0.101 e. The number of aryl methyl sites for hydroxylation is 3. The van der Waals surface area contributed by atoms with Crippen molar-refractivity contribution in [3.8, 4) is 12.1 Å². The molecule has 2 aromatic carbocycles. The minimum Gasteiger partial charge on any atom is -0.192 e. The summed E-state index contributed by atoms with van der Waals surface area (Å²) in [7, 11) is 0. The fourth-order valence-corrected chi connectivity index (χ4v) is 7.53. The van der Waals surface area contributed by atoms with Crippen molar-refractivity contribution in [3.63, 3.8) is 0 Å². The molecule has 3 aliphatic rings. The molecule has 35 heavy (non-hydrogen) atoms. The number of nitrogens with zero attached hydrogens (tertiary/aromatic N) is 2. The van der Waals surface area contributed by atoms with Gasteiger partial charge < -0.3 is 0 Å². The van der Waals surface area contributed by atoms with E-state index in [0.717, 1.165) is 34.9 Å². The van der Waals surface area contributed by atoms with Crippen LogP contribution < -0.4 is 0 Å². The third-order valence-corrected chi connectivity index (χ3v) is 9.86. The quantitative estimate of drug-likeness (QED) is 0.287. The first-order valence-corrected chi connectivity index (χ1v) is 14.5. The van der Waals surface area contributed by atoms with Crippen molar-refractivity contribution < 1.29 is 0 Å². The van der Waals surface area contributed by atoms with Gasteiger partial charge in [-0.1, -0.05) is 73.3 Å². The Bertz CT molecular complexity index is 1110. The minimum absolute atomic E-state index is 0.0985. The Morgan fingerprint density at radius 1 is 0.771 bits per heavy atom. The Kier molecular flexibility index (Phi) is 8.39. The highest BCUT2D eigenvalue weighted by atomic mass is 79.9. The van der Waals surface area contributed by atoms with E-state index in [4.69, 9.17) is 0 Å². The molecule has 3 aliphatic carbocycles. The van der Waals surface area contributed by atoms with Crippen LogP contribution in [-0.2, 0) is 24.7 Å². The van der Waals surface area contributed by atoms with E-state index in [1.54, 1.807) is 0 Å². The molecule has 3 heteroatoms. The first-order chi connectivity index (χ1) is 17.0. The summed E-state index contributed by atoms with van der Waals surface area (Å²) in [5, 5.41) is 20.3. The summed E-state index contributed by atoms with van der Waals surface area (Å²) in [5.41, 5.74) is 6.72. The molecule has 0 aliphatic heterocycles. The van der Waals surface area contributed by atoms with Gasteiger partial charge in [-0.3, -0.25) is 0 Å². The third kappa shape index (κ3) is 5.37. The summed E-state index contributed by atoms with van der Waals surface area (Å²) < 4.78 is 1.15. The van der Waals surface area contributed by atoms with Gasteiger partial charge in [-0.25, -0.2) is 0 Å². The molecule has 2 bridgehead atoms. The summed E-state index contributed by atoms with van der Waals surface area (Å²) in [5.74, 6) is 0. The number of halogens is 1. The molecule has 3 saturated carbocycles. The third-order valence-electron chi connectivity index (χ3n) is 9.12. The van der Waals surface area contributed by atoms with Crippen LogP contribution in [0.4, 0.5) is 0 Å². The van der Waals surface area contributed by atoms with E-state index in [-0.39, 0.29) is 5.41 Å². The molecule has 5 rings (SSSR count). The van der Waals surface area contributed by atoms with Crippen molar-refractivity contribution in [2.45, 2.75) is 109 Å². The van der Waals surface area contributed by atoms with E-state index in [9.17, 15) is 10.5 Å². The molecular weight excluding hydrogens is 492 g/mol. The summed E-state index contributed by atoms with van der Waals surface area (Å²) in [6, 6.07) is 16.0. The van der Waals surface area contributed by atoms with Crippen molar-refractivity contribution in [3.05, 3.63) is 68.2 Å². The van der Waals surface area contributed by atoms with E-state index >= 15 is 0 Å². The highest BCUT2D eigenvalue weighted by Gasteiger charge is 2.49. The van der Waals surface area contributed by atoms with Crippen LogP contribution in [0.2, 0.25) is 0 Å². The van der Waals surface area contributed by atoms with E-state index in [2.05, 4.69) is 72.2 Å². The van der Waals surface area contributed by atoms with Crippen LogP contribution in [0.25, 0.3) is 0 Å². The van der Waals surface area contributed by atoms with Gasteiger partial charge in [0.2, 0.25) is 0 Å². The highest BCUT2D eigenvalue weighted by molar-refractivity contribution is 9.10. The predicted octanol–water partition coefficient (Wildman–Crippen LogP) is 9.10. The highest BCUT2D eigenvalue weighted by Crippen LogP contribution is 2.60. The van der Waals surface area contributed by atoms with Gasteiger partial charge in [0.15, 0.2) is 0 Å². The maximum absolute atomic E-state index is 10.2. The number of nitriles is 2. The molecular formula is C32H39BrN2. The number of hydrogen-bond donors (Lipinski definition) is 0. The first-order valence-electron chi connectivity index (χ1n) is 13.7. The molecule has 184 valence electrons. The lowest BCUT2D eigenvalue weighted by Gasteiger charge is -2.54. The van der Waals surface area contributed by atoms with Gasteiger partial charge >= 0.3 is 0 Å². The fraction of sp³-hybridized carbons (Fsp3) is 0.562. The second kappa shape index (κ2) is 11.3. The van der Waals surface area contributed by atoms with Gasteiger partial charge in [0.1, 0.15) is 12.1 Å². The van der Waals surface area contributed by atoms with Gasteiger partial charge in [-0.2, -0.15) is 10.5 Å². The topological polar surface area (TPSA) is 47.6 Å². The molecule has 0 amide bonds. The molecule has 0 spiro atoms. The molecule has 0 saturated heterocycles. The number of hydrogen-bond acceptors (Lipinski definition) is 2. The molecule has 0 aromatic heterocycles. The largest absolute Gasteiger partial charge is 0.192 e. The zero-order chi connectivity index (χ0) is 24.9. The van der Waals surface area contributed by atoms with Crippen LogP contribution in [-0.4, -0.2) is 0 Å². The van der Waals surface area contributed by atoms with Crippen LogP contribution >= 0.6 is 15.9 Å².